The van der Waals surface area contributed by atoms with Crippen LogP contribution >= 0.6 is 11.6 Å². The number of benzene rings is 2. The standard InChI is InChI=1S/C19H20ClNO2/c1-13-11-16-5-3-4-6-18(16)21(13)19(22)14(2)23-12-15-7-9-17(20)10-8-15/h3-10,13-14H,11-12H2,1-2H3/t13-,14+/m1/s1. The first-order valence-corrected chi connectivity index (χ1v) is 8.21. The highest BCUT2D eigenvalue weighted by atomic mass is 35.5. The van der Waals surface area contributed by atoms with Gasteiger partial charge in [0.25, 0.3) is 5.91 Å². The summed E-state index contributed by atoms with van der Waals surface area (Å²) in [6, 6.07) is 15.7. The molecule has 1 heterocycles. The average molecular weight is 330 g/mol. The van der Waals surface area contributed by atoms with E-state index in [9.17, 15) is 4.79 Å². The van der Waals surface area contributed by atoms with E-state index in [1.807, 2.05) is 54.3 Å². The highest BCUT2D eigenvalue weighted by Gasteiger charge is 2.33. The Balaban J connectivity index is 1.67. The Morgan fingerprint density at radius 1 is 1.26 bits per heavy atom. The van der Waals surface area contributed by atoms with E-state index in [-0.39, 0.29) is 11.9 Å². The number of nitrogens with zero attached hydrogens (tertiary/aromatic N) is 1. The molecule has 0 fully saturated rings. The van der Waals surface area contributed by atoms with Crippen LogP contribution in [-0.2, 0) is 22.6 Å². The van der Waals surface area contributed by atoms with Crippen LogP contribution in [0.4, 0.5) is 5.69 Å². The highest BCUT2D eigenvalue weighted by Crippen LogP contribution is 2.32. The van der Waals surface area contributed by atoms with Crippen LogP contribution in [0.3, 0.4) is 0 Å². The zero-order chi connectivity index (χ0) is 16.4. The predicted octanol–water partition coefficient (Wildman–Crippen LogP) is 4.22. The van der Waals surface area contributed by atoms with E-state index in [4.69, 9.17) is 16.3 Å². The minimum atomic E-state index is -0.487. The molecule has 23 heavy (non-hydrogen) atoms. The van der Waals surface area contributed by atoms with Gasteiger partial charge in [0.1, 0.15) is 6.10 Å². The number of amides is 1. The van der Waals surface area contributed by atoms with Gasteiger partial charge in [-0.05, 0) is 49.6 Å². The lowest BCUT2D eigenvalue weighted by Crippen LogP contribution is -2.42. The zero-order valence-corrected chi connectivity index (χ0v) is 14.1. The van der Waals surface area contributed by atoms with Gasteiger partial charge in [-0.15, -0.1) is 0 Å². The van der Waals surface area contributed by atoms with Crippen LogP contribution in [0.2, 0.25) is 5.02 Å². The summed E-state index contributed by atoms with van der Waals surface area (Å²) in [5.74, 6) is 0.0106. The van der Waals surface area contributed by atoms with Gasteiger partial charge in [0.2, 0.25) is 0 Å². The first-order valence-electron chi connectivity index (χ1n) is 7.83. The molecule has 0 unspecified atom stereocenters. The third-order valence-corrected chi connectivity index (χ3v) is 4.46. The summed E-state index contributed by atoms with van der Waals surface area (Å²) in [5, 5.41) is 0.695. The molecule has 0 N–H and O–H groups in total. The van der Waals surface area contributed by atoms with Crippen molar-refractivity contribution in [3.05, 3.63) is 64.7 Å². The van der Waals surface area contributed by atoms with Crippen LogP contribution in [0.15, 0.2) is 48.5 Å². The minimum Gasteiger partial charge on any atom is -0.364 e. The van der Waals surface area contributed by atoms with E-state index in [1.165, 1.54) is 5.56 Å². The molecule has 3 rings (SSSR count). The van der Waals surface area contributed by atoms with Gasteiger partial charge in [-0.3, -0.25) is 4.79 Å². The van der Waals surface area contributed by atoms with Crippen molar-refractivity contribution in [2.24, 2.45) is 0 Å². The fourth-order valence-electron chi connectivity index (χ4n) is 2.97. The molecule has 4 heteroatoms. The van der Waals surface area contributed by atoms with Crippen molar-refractivity contribution < 1.29 is 9.53 Å². The number of ether oxygens (including phenoxy) is 1. The van der Waals surface area contributed by atoms with Crippen LogP contribution < -0.4 is 4.90 Å². The Morgan fingerprint density at radius 2 is 1.96 bits per heavy atom. The van der Waals surface area contributed by atoms with Crippen LogP contribution in [0.5, 0.6) is 0 Å². The van der Waals surface area contributed by atoms with E-state index in [2.05, 4.69) is 13.0 Å². The summed E-state index contributed by atoms with van der Waals surface area (Å²) in [7, 11) is 0. The molecule has 2 aromatic rings. The predicted molar refractivity (Wildman–Crippen MR) is 92.8 cm³/mol. The Kier molecular flexibility index (Phi) is 4.69. The summed E-state index contributed by atoms with van der Waals surface area (Å²) in [6.45, 7) is 4.28. The SMILES string of the molecule is C[C@H](OCc1ccc(Cl)cc1)C(=O)N1c2ccccc2C[C@H]1C. The molecule has 2 aromatic carbocycles. The number of anilines is 1. The van der Waals surface area contributed by atoms with Crippen molar-refractivity contribution >= 4 is 23.2 Å². The molecule has 0 bridgehead atoms. The molecular formula is C19H20ClNO2. The van der Waals surface area contributed by atoms with Crippen LogP contribution in [0.25, 0.3) is 0 Å². The zero-order valence-electron chi connectivity index (χ0n) is 13.3. The van der Waals surface area contributed by atoms with Gasteiger partial charge in [0.15, 0.2) is 0 Å². The van der Waals surface area contributed by atoms with E-state index in [0.717, 1.165) is 17.7 Å². The molecule has 1 amide bonds. The van der Waals surface area contributed by atoms with Crippen molar-refractivity contribution in [3.8, 4) is 0 Å². The normalized spacial score (nSPS) is 17.9. The van der Waals surface area contributed by atoms with Crippen LogP contribution in [0.1, 0.15) is 25.0 Å². The second-order valence-corrected chi connectivity index (χ2v) is 6.41. The first kappa shape index (κ1) is 16.0. The maximum atomic E-state index is 12.8. The van der Waals surface area contributed by atoms with Crippen molar-refractivity contribution in [1.29, 1.82) is 0 Å². The topological polar surface area (TPSA) is 29.5 Å². The molecule has 2 atom stereocenters. The number of rotatable bonds is 4. The largest absolute Gasteiger partial charge is 0.364 e. The summed E-state index contributed by atoms with van der Waals surface area (Å²) >= 11 is 5.87. The van der Waals surface area contributed by atoms with Crippen molar-refractivity contribution in [3.63, 3.8) is 0 Å². The number of hydrogen-bond donors (Lipinski definition) is 0. The van der Waals surface area contributed by atoms with Gasteiger partial charge in [-0.1, -0.05) is 41.9 Å². The number of para-hydroxylation sites is 1. The molecule has 0 radical (unpaired) electrons. The lowest BCUT2D eigenvalue weighted by atomic mass is 10.1. The second-order valence-electron chi connectivity index (χ2n) is 5.97. The van der Waals surface area contributed by atoms with E-state index < -0.39 is 6.10 Å². The fraction of sp³-hybridized carbons (Fsp3) is 0.316. The highest BCUT2D eigenvalue weighted by molar-refractivity contribution is 6.30. The summed E-state index contributed by atoms with van der Waals surface area (Å²) in [4.78, 5) is 14.6. The third-order valence-electron chi connectivity index (χ3n) is 4.21. The maximum absolute atomic E-state index is 12.8. The molecular weight excluding hydrogens is 310 g/mol. The monoisotopic (exact) mass is 329 g/mol. The summed E-state index contributed by atoms with van der Waals surface area (Å²) in [5.41, 5.74) is 3.23. The van der Waals surface area contributed by atoms with E-state index in [0.29, 0.717) is 11.6 Å². The molecule has 120 valence electrons. The number of hydrogen-bond acceptors (Lipinski definition) is 2. The quantitative estimate of drug-likeness (QED) is 0.840. The van der Waals surface area contributed by atoms with Crippen molar-refractivity contribution in [2.75, 3.05) is 4.90 Å². The number of carbonyl (C=O) groups excluding carboxylic acids is 1. The Labute approximate surface area is 141 Å². The van der Waals surface area contributed by atoms with Gasteiger partial charge in [0, 0.05) is 16.8 Å². The summed E-state index contributed by atoms with van der Waals surface area (Å²) in [6.07, 6.45) is 0.408. The first-order chi connectivity index (χ1) is 11.1. The molecule has 0 saturated carbocycles. The lowest BCUT2D eigenvalue weighted by molar-refractivity contribution is -0.130. The van der Waals surface area contributed by atoms with Crippen molar-refractivity contribution in [2.45, 2.75) is 39.0 Å². The average Bonchev–Trinajstić information content (AvgIpc) is 2.89. The van der Waals surface area contributed by atoms with E-state index >= 15 is 0 Å². The number of carbonyl (C=O) groups is 1. The fourth-order valence-corrected chi connectivity index (χ4v) is 3.10. The number of halogens is 1. The molecule has 0 saturated heterocycles. The van der Waals surface area contributed by atoms with Gasteiger partial charge in [-0.2, -0.15) is 0 Å². The Bertz CT molecular complexity index is 699. The van der Waals surface area contributed by atoms with Crippen LogP contribution in [-0.4, -0.2) is 18.1 Å². The molecule has 1 aliphatic rings. The maximum Gasteiger partial charge on any atom is 0.256 e. The molecule has 0 aromatic heterocycles. The van der Waals surface area contributed by atoms with Crippen LogP contribution in [0, 0.1) is 0 Å². The molecule has 0 spiro atoms. The number of fused-ring (bicyclic) bond motifs is 1. The lowest BCUT2D eigenvalue weighted by Gasteiger charge is -2.26. The third kappa shape index (κ3) is 3.41. The second kappa shape index (κ2) is 6.73. The minimum absolute atomic E-state index is 0.0106. The van der Waals surface area contributed by atoms with E-state index in [1.54, 1.807) is 0 Å². The van der Waals surface area contributed by atoms with Gasteiger partial charge < -0.3 is 9.64 Å². The van der Waals surface area contributed by atoms with Gasteiger partial charge in [-0.25, -0.2) is 0 Å². The molecule has 3 nitrogen and oxygen atoms in total. The summed E-state index contributed by atoms with van der Waals surface area (Å²) < 4.78 is 5.77. The Hall–Kier alpha value is -1.84. The molecule has 0 aliphatic carbocycles. The van der Waals surface area contributed by atoms with Gasteiger partial charge >= 0.3 is 0 Å². The van der Waals surface area contributed by atoms with Gasteiger partial charge in [0.05, 0.1) is 6.61 Å². The van der Waals surface area contributed by atoms with Crippen molar-refractivity contribution in [1.82, 2.24) is 0 Å². The molecule has 1 aliphatic heterocycles. The smallest absolute Gasteiger partial charge is 0.256 e. The Morgan fingerprint density at radius 3 is 2.70 bits per heavy atom.